The minimum atomic E-state index is -0.452. The molecule has 0 spiro atoms. The van der Waals surface area contributed by atoms with E-state index in [0.29, 0.717) is 18.7 Å². The summed E-state index contributed by atoms with van der Waals surface area (Å²) in [5.74, 6) is 0.303. The first-order valence-electron chi connectivity index (χ1n) is 5.22. The summed E-state index contributed by atoms with van der Waals surface area (Å²) in [6.07, 6.45) is 0.494. The lowest BCUT2D eigenvalue weighted by Gasteiger charge is -2.15. The number of non-ortho nitro benzene ring substituents is 1. The van der Waals surface area contributed by atoms with Crippen LogP contribution in [0.5, 0.6) is 0 Å². The average molecular weight is 299 g/mol. The minimum Gasteiger partial charge on any atom is -0.312 e. The van der Waals surface area contributed by atoms with E-state index in [4.69, 9.17) is 0 Å². The van der Waals surface area contributed by atoms with Gasteiger partial charge in [0.1, 0.15) is 0 Å². The van der Waals surface area contributed by atoms with Gasteiger partial charge in [-0.15, -0.1) is 0 Å². The first kappa shape index (κ1) is 12.0. The first-order valence-corrected chi connectivity index (χ1v) is 6.34. The van der Waals surface area contributed by atoms with Crippen molar-refractivity contribution in [2.24, 2.45) is 5.92 Å². The number of rotatable bonds is 3. The van der Waals surface area contributed by atoms with E-state index >= 15 is 0 Å². The molecule has 90 valence electrons. The summed E-state index contributed by atoms with van der Waals surface area (Å²) in [5.41, 5.74) is 0.616. The molecule has 0 aromatic heterocycles. The number of alkyl halides is 1. The topological polar surface area (TPSA) is 63.5 Å². The lowest BCUT2D eigenvalue weighted by atomic mass is 10.2. The molecule has 0 aliphatic carbocycles. The number of hydrogen-bond donors (Lipinski definition) is 0. The molecule has 0 bridgehead atoms. The second-order valence-corrected chi connectivity index (χ2v) is 4.65. The van der Waals surface area contributed by atoms with Crippen molar-refractivity contribution >= 4 is 33.2 Å². The number of anilines is 1. The highest BCUT2D eigenvalue weighted by Crippen LogP contribution is 2.28. The molecule has 1 aromatic carbocycles. The molecular weight excluding hydrogens is 288 g/mol. The van der Waals surface area contributed by atoms with E-state index in [1.165, 1.54) is 12.1 Å². The molecule has 1 fully saturated rings. The van der Waals surface area contributed by atoms with Crippen LogP contribution in [-0.2, 0) is 4.79 Å². The lowest BCUT2D eigenvalue weighted by molar-refractivity contribution is -0.384. The number of nitro benzene ring substituents is 1. The van der Waals surface area contributed by atoms with Gasteiger partial charge in [0.05, 0.1) is 10.6 Å². The van der Waals surface area contributed by atoms with Crippen LogP contribution in [0.15, 0.2) is 24.3 Å². The normalized spacial score (nSPS) is 19.7. The van der Waals surface area contributed by atoms with Crippen LogP contribution in [0.2, 0.25) is 0 Å². The van der Waals surface area contributed by atoms with Crippen molar-refractivity contribution in [2.45, 2.75) is 6.42 Å². The van der Waals surface area contributed by atoms with Gasteiger partial charge in [-0.25, -0.2) is 0 Å². The Bertz CT molecular complexity index is 464. The van der Waals surface area contributed by atoms with Crippen molar-refractivity contribution in [1.82, 2.24) is 0 Å². The van der Waals surface area contributed by atoms with Crippen molar-refractivity contribution < 1.29 is 9.72 Å². The highest BCUT2D eigenvalue weighted by atomic mass is 79.9. The fourth-order valence-electron chi connectivity index (χ4n) is 1.91. The molecule has 0 saturated carbocycles. The maximum absolute atomic E-state index is 11.8. The smallest absolute Gasteiger partial charge is 0.271 e. The zero-order valence-electron chi connectivity index (χ0n) is 9.01. The molecule has 0 radical (unpaired) electrons. The Labute approximate surface area is 107 Å². The van der Waals surface area contributed by atoms with Gasteiger partial charge in [0, 0.05) is 30.4 Å². The third-order valence-electron chi connectivity index (χ3n) is 2.78. The van der Waals surface area contributed by atoms with E-state index in [1.807, 2.05) is 0 Å². The highest BCUT2D eigenvalue weighted by molar-refractivity contribution is 9.09. The summed E-state index contributed by atoms with van der Waals surface area (Å²) < 4.78 is 0. The number of benzene rings is 1. The Morgan fingerprint density at radius 1 is 1.53 bits per heavy atom. The predicted octanol–water partition coefficient (Wildman–Crippen LogP) is 2.34. The number of halogens is 1. The number of nitrogens with zero attached hydrogens (tertiary/aromatic N) is 2. The molecule has 1 amide bonds. The van der Waals surface area contributed by atoms with Crippen LogP contribution in [0.25, 0.3) is 0 Å². The summed E-state index contributed by atoms with van der Waals surface area (Å²) >= 11 is 3.35. The van der Waals surface area contributed by atoms with Gasteiger partial charge in [0.2, 0.25) is 5.91 Å². The Morgan fingerprint density at radius 3 is 2.88 bits per heavy atom. The van der Waals surface area contributed by atoms with E-state index in [-0.39, 0.29) is 17.5 Å². The number of hydrogen-bond acceptors (Lipinski definition) is 3. The van der Waals surface area contributed by atoms with E-state index in [1.54, 1.807) is 17.0 Å². The summed E-state index contributed by atoms with van der Waals surface area (Å²) in [5, 5.41) is 11.4. The molecule has 6 heteroatoms. The average Bonchev–Trinajstić information content (AvgIpc) is 2.71. The van der Waals surface area contributed by atoms with Crippen LogP contribution >= 0.6 is 15.9 Å². The monoisotopic (exact) mass is 298 g/mol. The fourth-order valence-corrected chi connectivity index (χ4v) is 2.34. The zero-order chi connectivity index (χ0) is 12.4. The summed E-state index contributed by atoms with van der Waals surface area (Å²) in [6, 6.07) is 6.18. The van der Waals surface area contributed by atoms with Crippen LogP contribution < -0.4 is 4.90 Å². The number of carbonyl (C=O) groups is 1. The molecule has 0 N–H and O–H groups in total. The molecule has 1 aromatic rings. The Morgan fingerprint density at radius 2 is 2.29 bits per heavy atom. The molecule has 1 aliphatic rings. The molecular formula is C11H11BrN2O3. The first-order chi connectivity index (χ1) is 8.11. The largest absolute Gasteiger partial charge is 0.312 e. The summed E-state index contributed by atoms with van der Waals surface area (Å²) in [6.45, 7) is 0.616. The molecule has 1 heterocycles. The van der Waals surface area contributed by atoms with Gasteiger partial charge in [-0.2, -0.15) is 0 Å². The Balaban J connectivity index is 2.25. The second kappa shape index (κ2) is 4.83. The van der Waals surface area contributed by atoms with Crippen molar-refractivity contribution in [1.29, 1.82) is 0 Å². The zero-order valence-corrected chi connectivity index (χ0v) is 10.6. The lowest BCUT2D eigenvalue weighted by Crippen LogP contribution is -2.24. The molecule has 17 heavy (non-hydrogen) atoms. The minimum absolute atomic E-state index is 0.0117. The van der Waals surface area contributed by atoms with Gasteiger partial charge in [0.25, 0.3) is 5.69 Å². The second-order valence-electron chi connectivity index (χ2n) is 4.01. The number of amides is 1. The van der Waals surface area contributed by atoms with Crippen LogP contribution in [-0.4, -0.2) is 22.7 Å². The van der Waals surface area contributed by atoms with Gasteiger partial charge >= 0.3 is 0 Å². The van der Waals surface area contributed by atoms with Gasteiger partial charge in [-0.3, -0.25) is 14.9 Å². The van der Waals surface area contributed by atoms with Gasteiger partial charge in [0.15, 0.2) is 0 Å². The van der Waals surface area contributed by atoms with E-state index < -0.39 is 4.92 Å². The van der Waals surface area contributed by atoms with Crippen molar-refractivity contribution in [3.8, 4) is 0 Å². The highest BCUT2D eigenvalue weighted by Gasteiger charge is 2.30. The quantitative estimate of drug-likeness (QED) is 0.489. The maximum atomic E-state index is 11.8. The Hall–Kier alpha value is -1.43. The Kier molecular flexibility index (Phi) is 3.42. The number of nitro groups is 1. The third-order valence-corrected chi connectivity index (χ3v) is 3.69. The molecule has 1 unspecified atom stereocenters. The fraction of sp³-hybridized carbons (Fsp3) is 0.364. The number of carbonyl (C=O) groups excluding carboxylic acids is 1. The van der Waals surface area contributed by atoms with Gasteiger partial charge < -0.3 is 4.90 Å². The predicted molar refractivity (Wildman–Crippen MR) is 67.4 cm³/mol. The van der Waals surface area contributed by atoms with Crippen LogP contribution in [0.1, 0.15) is 6.42 Å². The van der Waals surface area contributed by atoms with Crippen molar-refractivity contribution in [2.75, 3.05) is 16.8 Å². The van der Waals surface area contributed by atoms with E-state index in [9.17, 15) is 14.9 Å². The molecule has 1 saturated heterocycles. The van der Waals surface area contributed by atoms with Crippen LogP contribution in [0.4, 0.5) is 11.4 Å². The third kappa shape index (κ3) is 2.46. The summed E-state index contributed by atoms with van der Waals surface area (Å²) in [7, 11) is 0. The van der Waals surface area contributed by atoms with Crippen molar-refractivity contribution in [3.05, 3.63) is 34.4 Å². The maximum Gasteiger partial charge on any atom is 0.271 e. The SMILES string of the molecule is O=C1CC(CBr)CN1c1cccc([N+](=O)[O-])c1. The van der Waals surface area contributed by atoms with Gasteiger partial charge in [-0.1, -0.05) is 22.0 Å². The molecule has 1 aliphatic heterocycles. The van der Waals surface area contributed by atoms with Gasteiger partial charge in [-0.05, 0) is 12.0 Å². The molecule has 5 nitrogen and oxygen atoms in total. The van der Waals surface area contributed by atoms with Crippen LogP contribution in [0.3, 0.4) is 0 Å². The van der Waals surface area contributed by atoms with E-state index in [2.05, 4.69) is 15.9 Å². The van der Waals surface area contributed by atoms with E-state index in [0.717, 1.165) is 5.33 Å². The van der Waals surface area contributed by atoms with Crippen LogP contribution in [0, 0.1) is 16.0 Å². The molecule has 1 atom stereocenters. The molecule has 2 rings (SSSR count). The van der Waals surface area contributed by atoms with Crippen molar-refractivity contribution in [3.63, 3.8) is 0 Å². The summed E-state index contributed by atoms with van der Waals surface area (Å²) in [4.78, 5) is 23.6. The standard InChI is InChI=1S/C11H11BrN2O3/c12-6-8-4-11(15)13(7-8)9-2-1-3-10(5-9)14(16)17/h1-3,5,8H,4,6-7H2.